The molecule has 0 unspecified atom stereocenters. The third-order valence-corrected chi connectivity index (χ3v) is 4.65. The molecule has 0 saturated carbocycles. The number of rotatable bonds is 5. The Balaban J connectivity index is 1.42. The van der Waals surface area contributed by atoms with Crippen molar-refractivity contribution in [3.05, 3.63) is 64.9 Å². The zero-order chi connectivity index (χ0) is 16.8. The number of amides is 1. The minimum Gasteiger partial charge on any atom is -0.340 e. The fourth-order valence-corrected chi connectivity index (χ4v) is 3.09. The van der Waals surface area contributed by atoms with E-state index in [-0.39, 0.29) is 5.91 Å². The smallest absolute Gasteiger partial charge is 0.222 e. The van der Waals surface area contributed by atoms with Crippen LogP contribution in [0.1, 0.15) is 17.5 Å². The zero-order valence-electron chi connectivity index (χ0n) is 13.7. The summed E-state index contributed by atoms with van der Waals surface area (Å²) < 4.78 is 0. The van der Waals surface area contributed by atoms with Gasteiger partial charge in [0.25, 0.3) is 0 Å². The Labute approximate surface area is 148 Å². The van der Waals surface area contributed by atoms with Gasteiger partial charge in [-0.2, -0.15) is 0 Å². The largest absolute Gasteiger partial charge is 0.340 e. The Morgan fingerprint density at radius 2 is 1.79 bits per heavy atom. The number of piperazine rings is 1. The van der Waals surface area contributed by atoms with E-state index < -0.39 is 0 Å². The number of benzene rings is 1. The number of carbonyl (C=O) groups excluding carboxylic acids is 1. The van der Waals surface area contributed by atoms with E-state index in [4.69, 9.17) is 11.6 Å². The molecule has 0 atom stereocenters. The van der Waals surface area contributed by atoms with Gasteiger partial charge in [0.15, 0.2) is 0 Å². The molecule has 0 radical (unpaired) electrons. The van der Waals surface area contributed by atoms with Crippen LogP contribution in [0.2, 0.25) is 5.02 Å². The topological polar surface area (TPSA) is 36.4 Å². The molecule has 1 aromatic carbocycles. The van der Waals surface area contributed by atoms with Crippen LogP contribution in [0.3, 0.4) is 0 Å². The first kappa shape index (κ1) is 16.9. The van der Waals surface area contributed by atoms with E-state index in [1.165, 1.54) is 5.56 Å². The minimum absolute atomic E-state index is 0.242. The molecule has 2 heterocycles. The highest BCUT2D eigenvalue weighted by Gasteiger charge is 2.20. The van der Waals surface area contributed by atoms with Crippen molar-refractivity contribution in [2.24, 2.45) is 0 Å². The van der Waals surface area contributed by atoms with Crippen LogP contribution in [0.4, 0.5) is 0 Å². The van der Waals surface area contributed by atoms with Crippen molar-refractivity contribution in [1.82, 2.24) is 14.8 Å². The van der Waals surface area contributed by atoms with Crippen LogP contribution in [0, 0.1) is 0 Å². The summed E-state index contributed by atoms with van der Waals surface area (Å²) >= 11 is 5.88. The average Bonchev–Trinajstić information content (AvgIpc) is 2.62. The lowest BCUT2D eigenvalue weighted by molar-refractivity contribution is -0.133. The number of aryl methyl sites for hydroxylation is 1. The zero-order valence-corrected chi connectivity index (χ0v) is 14.5. The highest BCUT2D eigenvalue weighted by Crippen LogP contribution is 2.13. The summed E-state index contributed by atoms with van der Waals surface area (Å²) in [5.41, 5.74) is 2.38. The molecule has 1 aliphatic heterocycles. The number of nitrogens with zero attached hydrogens (tertiary/aromatic N) is 3. The minimum atomic E-state index is 0.242. The first-order chi connectivity index (χ1) is 11.7. The van der Waals surface area contributed by atoms with Crippen LogP contribution in [0.15, 0.2) is 48.8 Å². The summed E-state index contributed by atoms with van der Waals surface area (Å²) in [5.74, 6) is 0.242. The number of halogens is 1. The Morgan fingerprint density at radius 3 is 2.46 bits per heavy atom. The number of aromatic nitrogens is 1. The van der Waals surface area contributed by atoms with Crippen molar-refractivity contribution in [2.75, 3.05) is 26.2 Å². The average molecular weight is 344 g/mol. The molecule has 1 aromatic heterocycles. The molecule has 126 valence electrons. The monoisotopic (exact) mass is 343 g/mol. The van der Waals surface area contributed by atoms with E-state index >= 15 is 0 Å². The molecule has 3 rings (SSSR count). The summed E-state index contributed by atoms with van der Waals surface area (Å²) in [6, 6.07) is 11.8. The number of carbonyl (C=O) groups is 1. The molecular weight excluding hydrogens is 322 g/mol. The number of hydrogen-bond acceptors (Lipinski definition) is 3. The molecule has 1 saturated heterocycles. The van der Waals surface area contributed by atoms with Gasteiger partial charge in [0.05, 0.1) is 0 Å². The maximum Gasteiger partial charge on any atom is 0.222 e. The summed E-state index contributed by atoms with van der Waals surface area (Å²) in [6.07, 6.45) is 5.03. The third kappa shape index (κ3) is 4.79. The maximum absolute atomic E-state index is 12.4. The molecule has 5 heteroatoms. The van der Waals surface area contributed by atoms with Gasteiger partial charge in [0.1, 0.15) is 0 Å². The van der Waals surface area contributed by atoms with Gasteiger partial charge in [-0.3, -0.25) is 14.7 Å². The molecule has 0 N–H and O–H groups in total. The van der Waals surface area contributed by atoms with Gasteiger partial charge in [-0.05, 0) is 35.7 Å². The van der Waals surface area contributed by atoms with Crippen LogP contribution in [-0.4, -0.2) is 46.9 Å². The fourth-order valence-electron chi connectivity index (χ4n) is 2.97. The first-order valence-corrected chi connectivity index (χ1v) is 8.72. The van der Waals surface area contributed by atoms with Crippen molar-refractivity contribution < 1.29 is 4.79 Å². The molecule has 1 fully saturated rings. The lowest BCUT2D eigenvalue weighted by Crippen LogP contribution is -2.48. The van der Waals surface area contributed by atoms with Crippen molar-refractivity contribution in [2.45, 2.75) is 19.4 Å². The van der Waals surface area contributed by atoms with Gasteiger partial charge >= 0.3 is 0 Å². The molecular formula is C19H22ClN3O. The molecule has 4 nitrogen and oxygen atoms in total. The predicted octanol–water partition coefficient (Wildman–Crippen LogP) is 3.01. The Kier molecular flexibility index (Phi) is 5.83. The Hall–Kier alpha value is -1.91. The van der Waals surface area contributed by atoms with Gasteiger partial charge in [-0.15, -0.1) is 0 Å². The molecule has 1 amide bonds. The number of pyridine rings is 1. The highest BCUT2D eigenvalue weighted by molar-refractivity contribution is 6.30. The lowest BCUT2D eigenvalue weighted by atomic mass is 10.1. The van der Waals surface area contributed by atoms with Gasteiger partial charge < -0.3 is 4.90 Å². The molecule has 0 aliphatic carbocycles. The molecule has 1 aliphatic rings. The van der Waals surface area contributed by atoms with E-state index in [9.17, 15) is 4.79 Å². The van der Waals surface area contributed by atoms with E-state index in [0.717, 1.165) is 49.7 Å². The third-order valence-electron chi connectivity index (χ3n) is 4.39. The van der Waals surface area contributed by atoms with Crippen molar-refractivity contribution in [3.8, 4) is 0 Å². The van der Waals surface area contributed by atoms with E-state index in [0.29, 0.717) is 6.42 Å². The lowest BCUT2D eigenvalue weighted by Gasteiger charge is -2.34. The van der Waals surface area contributed by atoms with Crippen LogP contribution < -0.4 is 0 Å². The molecule has 24 heavy (non-hydrogen) atoms. The van der Waals surface area contributed by atoms with Crippen LogP contribution >= 0.6 is 11.6 Å². The van der Waals surface area contributed by atoms with Crippen molar-refractivity contribution >= 4 is 17.5 Å². The quantitative estimate of drug-likeness (QED) is 0.837. The van der Waals surface area contributed by atoms with Gasteiger partial charge in [0.2, 0.25) is 5.91 Å². The predicted molar refractivity (Wildman–Crippen MR) is 95.9 cm³/mol. The van der Waals surface area contributed by atoms with Gasteiger partial charge in [-0.25, -0.2) is 0 Å². The van der Waals surface area contributed by atoms with Crippen LogP contribution in [0.25, 0.3) is 0 Å². The summed E-state index contributed by atoms with van der Waals surface area (Å²) in [5, 5.41) is 0.731. The van der Waals surface area contributed by atoms with E-state index in [1.54, 1.807) is 6.20 Å². The summed E-state index contributed by atoms with van der Waals surface area (Å²) in [7, 11) is 0. The standard InChI is InChI=1S/C19H22ClN3O/c20-18-6-3-16(4-7-18)5-8-19(24)23-12-10-22(11-13-23)15-17-2-1-9-21-14-17/h1-4,6-7,9,14H,5,8,10-13,15H2. The van der Waals surface area contributed by atoms with Crippen LogP contribution in [-0.2, 0) is 17.8 Å². The van der Waals surface area contributed by atoms with Crippen molar-refractivity contribution in [3.63, 3.8) is 0 Å². The Bertz CT molecular complexity index is 652. The Morgan fingerprint density at radius 1 is 1.04 bits per heavy atom. The first-order valence-electron chi connectivity index (χ1n) is 8.34. The van der Waals surface area contributed by atoms with E-state index in [1.807, 2.05) is 41.4 Å². The summed E-state index contributed by atoms with van der Waals surface area (Å²) in [4.78, 5) is 20.9. The maximum atomic E-state index is 12.4. The van der Waals surface area contributed by atoms with E-state index in [2.05, 4.69) is 16.0 Å². The highest BCUT2D eigenvalue weighted by atomic mass is 35.5. The second kappa shape index (κ2) is 8.27. The normalized spacial score (nSPS) is 15.5. The SMILES string of the molecule is O=C(CCc1ccc(Cl)cc1)N1CCN(Cc2cccnc2)CC1. The number of hydrogen-bond donors (Lipinski definition) is 0. The van der Waals surface area contributed by atoms with Gasteiger partial charge in [-0.1, -0.05) is 29.8 Å². The van der Waals surface area contributed by atoms with Gasteiger partial charge in [0, 0.05) is 56.6 Å². The second-order valence-corrected chi connectivity index (χ2v) is 6.58. The summed E-state index contributed by atoms with van der Waals surface area (Å²) in [6.45, 7) is 4.35. The second-order valence-electron chi connectivity index (χ2n) is 6.14. The molecule has 0 bridgehead atoms. The van der Waals surface area contributed by atoms with Crippen molar-refractivity contribution in [1.29, 1.82) is 0 Å². The fraction of sp³-hybridized carbons (Fsp3) is 0.368. The molecule has 0 spiro atoms. The molecule has 2 aromatic rings. The van der Waals surface area contributed by atoms with Crippen LogP contribution in [0.5, 0.6) is 0 Å².